The van der Waals surface area contributed by atoms with Gasteiger partial charge < -0.3 is 5.11 Å². The predicted molar refractivity (Wildman–Crippen MR) is 64.3 cm³/mol. The van der Waals surface area contributed by atoms with Gasteiger partial charge in [0.2, 0.25) is 0 Å². The molecule has 3 nitrogen and oxygen atoms in total. The molecule has 5 heteroatoms. The smallest absolute Gasteiger partial charge is 0.335 e. The fourth-order valence-corrected chi connectivity index (χ4v) is 3.35. The molecular formula is C11H12ClNO2S. The Bertz CT molecular complexity index is 405. The summed E-state index contributed by atoms with van der Waals surface area (Å²) in [6, 6.07) is 2.97. The van der Waals surface area contributed by atoms with E-state index in [4.69, 9.17) is 16.7 Å². The van der Waals surface area contributed by atoms with Crippen LogP contribution < -0.4 is 0 Å². The van der Waals surface area contributed by atoms with E-state index in [9.17, 15) is 4.79 Å². The average Bonchev–Trinajstić information content (AvgIpc) is 2.69. The molecule has 86 valence electrons. The minimum Gasteiger partial charge on any atom is -0.478 e. The number of halogens is 1. The van der Waals surface area contributed by atoms with Crippen molar-refractivity contribution in [2.75, 3.05) is 0 Å². The fraction of sp³-hybridized carbons (Fsp3) is 0.455. The predicted octanol–water partition coefficient (Wildman–Crippen LogP) is 3.47. The van der Waals surface area contributed by atoms with Crippen LogP contribution in [0.1, 0.15) is 36.0 Å². The molecule has 2 rings (SSSR count). The second-order valence-corrected chi connectivity index (χ2v) is 5.55. The van der Waals surface area contributed by atoms with Crippen LogP contribution in [0, 0.1) is 0 Å². The zero-order valence-corrected chi connectivity index (χ0v) is 10.2. The van der Waals surface area contributed by atoms with Crippen LogP contribution in [0.2, 0.25) is 5.15 Å². The number of carboxylic acid groups (broad SMARTS) is 1. The van der Waals surface area contributed by atoms with Gasteiger partial charge in [0.1, 0.15) is 5.15 Å². The number of aromatic nitrogens is 1. The molecule has 1 N–H and O–H groups in total. The summed E-state index contributed by atoms with van der Waals surface area (Å²) in [4.78, 5) is 15.0. The van der Waals surface area contributed by atoms with E-state index in [0.717, 1.165) is 5.03 Å². The summed E-state index contributed by atoms with van der Waals surface area (Å²) < 4.78 is 0. The molecule has 0 radical (unpaired) electrons. The van der Waals surface area contributed by atoms with Gasteiger partial charge in [0, 0.05) is 5.25 Å². The number of carbonyl (C=O) groups is 1. The maximum Gasteiger partial charge on any atom is 0.335 e. The summed E-state index contributed by atoms with van der Waals surface area (Å²) in [5, 5.41) is 10.4. The Labute approximate surface area is 103 Å². The topological polar surface area (TPSA) is 50.2 Å². The fourth-order valence-electron chi connectivity index (χ4n) is 1.83. The molecule has 1 aromatic heterocycles. The third-order valence-corrected chi connectivity index (χ3v) is 4.06. The zero-order valence-electron chi connectivity index (χ0n) is 8.65. The van der Waals surface area contributed by atoms with E-state index < -0.39 is 5.97 Å². The van der Waals surface area contributed by atoms with Crippen LogP contribution in [-0.2, 0) is 0 Å². The molecular weight excluding hydrogens is 246 g/mol. The molecule has 0 aromatic carbocycles. The second-order valence-electron chi connectivity index (χ2n) is 3.85. The third kappa shape index (κ3) is 2.89. The third-order valence-electron chi connectivity index (χ3n) is 2.61. The molecule has 0 aliphatic heterocycles. The van der Waals surface area contributed by atoms with Gasteiger partial charge in [0.15, 0.2) is 0 Å². The van der Waals surface area contributed by atoms with Crippen molar-refractivity contribution in [3.63, 3.8) is 0 Å². The summed E-state index contributed by atoms with van der Waals surface area (Å²) in [5.41, 5.74) is 0.209. The van der Waals surface area contributed by atoms with Gasteiger partial charge in [-0.25, -0.2) is 9.78 Å². The number of carboxylic acids is 1. The summed E-state index contributed by atoms with van der Waals surface area (Å²) in [5.74, 6) is -0.961. The van der Waals surface area contributed by atoms with Crippen molar-refractivity contribution in [3.05, 3.63) is 22.8 Å². The monoisotopic (exact) mass is 257 g/mol. The summed E-state index contributed by atoms with van der Waals surface area (Å²) in [7, 11) is 0. The summed E-state index contributed by atoms with van der Waals surface area (Å²) >= 11 is 7.43. The highest BCUT2D eigenvalue weighted by Gasteiger charge is 2.18. The van der Waals surface area contributed by atoms with Crippen molar-refractivity contribution in [2.24, 2.45) is 0 Å². The lowest BCUT2D eigenvalue weighted by Crippen LogP contribution is -2.00. The van der Waals surface area contributed by atoms with Gasteiger partial charge in [0.05, 0.1) is 10.6 Å². The molecule has 0 saturated heterocycles. The van der Waals surface area contributed by atoms with Crippen LogP contribution in [0.3, 0.4) is 0 Å². The van der Waals surface area contributed by atoms with E-state index in [0.29, 0.717) is 5.25 Å². The molecule has 1 saturated carbocycles. The van der Waals surface area contributed by atoms with E-state index in [1.807, 2.05) is 0 Å². The largest absolute Gasteiger partial charge is 0.478 e. The van der Waals surface area contributed by atoms with Gasteiger partial charge in [-0.05, 0) is 25.0 Å². The van der Waals surface area contributed by atoms with Crippen LogP contribution in [0.4, 0.5) is 0 Å². The van der Waals surface area contributed by atoms with Crippen molar-refractivity contribution in [3.8, 4) is 0 Å². The lowest BCUT2D eigenvalue weighted by molar-refractivity contribution is 0.0696. The standard InChI is InChI=1S/C11H12ClNO2S/c12-9-5-7(11(14)15)6-10(13-9)16-8-3-1-2-4-8/h5-6,8H,1-4H2,(H,14,15). The maximum atomic E-state index is 10.8. The summed E-state index contributed by atoms with van der Waals surface area (Å²) in [6.07, 6.45) is 4.87. The van der Waals surface area contributed by atoms with Crippen LogP contribution in [-0.4, -0.2) is 21.3 Å². The summed E-state index contributed by atoms with van der Waals surface area (Å²) in [6.45, 7) is 0. The Morgan fingerprint density at radius 3 is 2.75 bits per heavy atom. The molecule has 1 aliphatic carbocycles. The maximum absolute atomic E-state index is 10.8. The lowest BCUT2D eigenvalue weighted by Gasteiger charge is -2.08. The van der Waals surface area contributed by atoms with Gasteiger partial charge in [-0.1, -0.05) is 24.4 Å². The highest BCUT2D eigenvalue weighted by atomic mass is 35.5. The Balaban J connectivity index is 2.16. The Kier molecular flexibility index (Phi) is 3.71. The Hall–Kier alpha value is -0.740. The lowest BCUT2D eigenvalue weighted by atomic mass is 10.3. The molecule has 0 atom stereocenters. The van der Waals surface area contributed by atoms with Gasteiger partial charge in [-0.2, -0.15) is 0 Å². The molecule has 0 amide bonds. The van der Waals surface area contributed by atoms with Gasteiger partial charge in [-0.3, -0.25) is 0 Å². The molecule has 1 heterocycles. The first kappa shape index (κ1) is 11.7. The quantitative estimate of drug-likeness (QED) is 0.843. The van der Waals surface area contributed by atoms with Crippen molar-refractivity contribution in [1.29, 1.82) is 0 Å². The van der Waals surface area contributed by atoms with Gasteiger partial charge in [-0.15, -0.1) is 11.8 Å². The number of rotatable bonds is 3. The number of hydrogen-bond acceptors (Lipinski definition) is 3. The van der Waals surface area contributed by atoms with Crippen LogP contribution in [0.25, 0.3) is 0 Å². The molecule has 1 aliphatic rings. The molecule has 16 heavy (non-hydrogen) atoms. The number of nitrogens with zero attached hydrogens (tertiary/aromatic N) is 1. The number of aromatic carboxylic acids is 1. The van der Waals surface area contributed by atoms with Crippen molar-refractivity contribution >= 4 is 29.3 Å². The van der Waals surface area contributed by atoms with Gasteiger partial charge >= 0.3 is 5.97 Å². The first-order chi connectivity index (χ1) is 7.65. The van der Waals surface area contributed by atoms with Crippen molar-refractivity contribution < 1.29 is 9.90 Å². The minimum absolute atomic E-state index is 0.209. The Morgan fingerprint density at radius 2 is 2.12 bits per heavy atom. The average molecular weight is 258 g/mol. The normalized spacial score (nSPS) is 16.6. The molecule has 0 bridgehead atoms. The molecule has 0 unspecified atom stereocenters. The van der Waals surface area contributed by atoms with Crippen molar-refractivity contribution in [1.82, 2.24) is 4.98 Å². The highest BCUT2D eigenvalue weighted by Crippen LogP contribution is 2.34. The SMILES string of the molecule is O=C(O)c1cc(Cl)nc(SC2CCCC2)c1. The van der Waals surface area contributed by atoms with Crippen molar-refractivity contribution in [2.45, 2.75) is 36.0 Å². The zero-order chi connectivity index (χ0) is 11.5. The molecule has 1 aromatic rings. The van der Waals surface area contributed by atoms with E-state index in [1.54, 1.807) is 17.8 Å². The van der Waals surface area contributed by atoms with Crippen LogP contribution >= 0.6 is 23.4 Å². The molecule has 0 spiro atoms. The second kappa shape index (κ2) is 5.06. The van der Waals surface area contributed by atoms with Gasteiger partial charge in [0.25, 0.3) is 0 Å². The van der Waals surface area contributed by atoms with Crippen LogP contribution in [0.5, 0.6) is 0 Å². The first-order valence-electron chi connectivity index (χ1n) is 5.22. The number of thioether (sulfide) groups is 1. The Morgan fingerprint density at radius 1 is 1.44 bits per heavy atom. The van der Waals surface area contributed by atoms with E-state index >= 15 is 0 Å². The van der Waals surface area contributed by atoms with E-state index in [2.05, 4.69) is 4.98 Å². The number of hydrogen-bond donors (Lipinski definition) is 1. The van der Waals surface area contributed by atoms with Crippen LogP contribution in [0.15, 0.2) is 17.2 Å². The molecule has 1 fully saturated rings. The highest BCUT2D eigenvalue weighted by molar-refractivity contribution is 7.99. The minimum atomic E-state index is -0.961. The number of pyridine rings is 1. The first-order valence-corrected chi connectivity index (χ1v) is 6.48. The van der Waals surface area contributed by atoms with E-state index in [-0.39, 0.29) is 10.7 Å². The van der Waals surface area contributed by atoms with E-state index in [1.165, 1.54) is 31.7 Å².